The fourth-order valence-corrected chi connectivity index (χ4v) is 2.30. The number of nitrogens with one attached hydrogen (secondary N) is 2. The molecule has 0 fully saturated rings. The van der Waals surface area contributed by atoms with Crippen LogP contribution in [0.1, 0.15) is 5.69 Å². The molecule has 3 rings (SSSR count). The molecule has 0 aliphatic heterocycles. The van der Waals surface area contributed by atoms with Gasteiger partial charge in [-0.15, -0.1) is 0 Å². The van der Waals surface area contributed by atoms with Crippen LogP contribution in [0.3, 0.4) is 0 Å². The van der Waals surface area contributed by atoms with Crippen molar-refractivity contribution in [3.05, 3.63) is 70.9 Å². The van der Waals surface area contributed by atoms with Crippen LogP contribution in [0.15, 0.2) is 48.5 Å². The molecule has 7 heteroatoms. The summed E-state index contributed by atoms with van der Waals surface area (Å²) in [6, 6.07) is 12.2. The van der Waals surface area contributed by atoms with Crippen molar-refractivity contribution < 1.29 is 8.78 Å². The quantitative estimate of drug-likeness (QED) is 0.681. The number of aromatic nitrogens is 2. The highest BCUT2D eigenvalue weighted by atomic mass is 35.5. The number of aryl methyl sites for hydroxylation is 1. The lowest BCUT2D eigenvalue weighted by Gasteiger charge is -2.10. The lowest BCUT2D eigenvalue weighted by Crippen LogP contribution is -2.03. The molecule has 122 valence electrons. The summed E-state index contributed by atoms with van der Waals surface area (Å²) in [6.45, 7) is 1.79. The molecule has 0 bridgehead atoms. The van der Waals surface area contributed by atoms with Crippen molar-refractivity contribution in [1.82, 2.24) is 9.97 Å². The Morgan fingerprint density at radius 3 is 2.54 bits per heavy atom. The average molecular weight is 347 g/mol. The Hall–Kier alpha value is -2.73. The third-order valence-corrected chi connectivity index (χ3v) is 3.36. The molecular formula is C17H13ClF2N4. The van der Waals surface area contributed by atoms with Gasteiger partial charge in [0.25, 0.3) is 0 Å². The van der Waals surface area contributed by atoms with Crippen LogP contribution in [0.2, 0.25) is 5.02 Å². The molecule has 4 nitrogen and oxygen atoms in total. The summed E-state index contributed by atoms with van der Waals surface area (Å²) in [5.74, 6) is -0.643. The van der Waals surface area contributed by atoms with E-state index >= 15 is 0 Å². The first-order chi connectivity index (χ1) is 11.5. The van der Waals surface area contributed by atoms with Crippen LogP contribution in [-0.4, -0.2) is 9.97 Å². The van der Waals surface area contributed by atoms with Crippen molar-refractivity contribution in [3.8, 4) is 0 Å². The van der Waals surface area contributed by atoms with Crippen molar-refractivity contribution in [3.63, 3.8) is 0 Å². The minimum atomic E-state index is -0.718. The van der Waals surface area contributed by atoms with Crippen LogP contribution in [0.25, 0.3) is 0 Å². The standard InChI is InChI=1S/C17H13ClF2N4/c1-10-7-16(22-13-4-2-3-11(18)8-13)24-17(21-10)23-15-6-5-12(19)9-14(15)20/h2-9H,1H3,(H2,21,22,23,24). The number of halogens is 3. The first-order valence-electron chi connectivity index (χ1n) is 7.10. The molecule has 3 aromatic rings. The number of anilines is 4. The lowest BCUT2D eigenvalue weighted by molar-refractivity contribution is 0.586. The highest BCUT2D eigenvalue weighted by Gasteiger charge is 2.08. The van der Waals surface area contributed by atoms with E-state index in [9.17, 15) is 8.78 Å². The molecular weight excluding hydrogens is 334 g/mol. The SMILES string of the molecule is Cc1cc(Nc2cccc(Cl)c2)nc(Nc2ccc(F)cc2F)n1. The molecule has 0 unspecified atom stereocenters. The smallest absolute Gasteiger partial charge is 0.229 e. The van der Waals surface area contributed by atoms with Crippen LogP contribution in [0.4, 0.5) is 31.9 Å². The van der Waals surface area contributed by atoms with E-state index in [1.165, 1.54) is 6.07 Å². The largest absolute Gasteiger partial charge is 0.340 e. The van der Waals surface area contributed by atoms with Crippen LogP contribution in [0.5, 0.6) is 0 Å². The van der Waals surface area contributed by atoms with Crippen molar-refractivity contribution in [1.29, 1.82) is 0 Å². The van der Waals surface area contributed by atoms with Crippen LogP contribution < -0.4 is 10.6 Å². The minimum absolute atomic E-state index is 0.0932. The lowest BCUT2D eigenvalue weighted by atomic mass is 10.3. The highest BCUT2D eigenvalue weighted by Crippen LogP contribution is 2.22. The fraction of sp³-hybridized carbons (Fsp3) is 0.0588. The molecule has 0 saturated carbocycles. The summed E-state index contributed by atoms with van der Waals surface area (Å²) in [5, 5.41) is 6.45. The van der Waals surface area contributed by atoms with Gasteiger partial charge in [0.05, 0.1) is 5.69 Å². The van der Waals surface area contributed by atoms with E-state index in [0.717, 1.165) is 17.8 Å². The Morgan fingerprint density at radius 1 is 0.958 bits per heavy atom. The Morgan fingerprint density at radius 2 is 1.79 bits per heavy atom. The minimum Gasteiger partial charge on any atom is -0.340 e. The Bertz CT molecular complexity index is 886. The Kier molecular flexibility index (Phi) is 4.57. The zero-order valence-corrected chi connectivity index (χ0v) is 13.4. The van der Waals surface area contributed by atoms with Gasteiger partial charge in [-0.25, -0.2) is 13.8 Å². The molecule has 0 aliphatic carbocycles. The highest BCUT2D eigenvalue weighted by molar-refractivity contribution is 6.30. The van der Waals surface area contributed by atoms with Crippen molar-refractivity contribution in [2.75, 3.05) is 10.6 Å². The van der Waals surface area contributed by atoms with Crippen LogP contribution in [0, 0.1) is 18.6 Å². The van der Waals surface area contributed by atoms with Gasteiger partial charge in [-0.3, -0.25) is 0 Å². The summed E-state index contributed by atoms with van der Waals surface area (Å²) in [5.41, 5.74) is 1.54. The van der Waals surface area contributed by atoms with E-state index in [1.807, 2.05) is 12.1 Å². The monoisotopic (exact) mass is 346 g/mol. The van der Waals surface area contributed by atoms with Gasteiger partial charge < -0.3 is 10.6 Å². The van der Waals surface area contributed by atoms with Gasteiger partial charge in [-0.2, -0.15) is 4.98 Å². The van der Waals surface area contributed by atoms with E-state index in [-0.39, 0.29) is 11.6 Å². The first kappa shape index (κ1) is 16.1. The molecule has 1 aromatic heterocycles. The van der Waals surface area contributed by atoms with Gasteiger partial charge in [0.15, 0.2) is 0 Å². The van der Waals surface area contributed by atoms with Crippen molar-refractivity contribution in [2.24, 2.45) is 0 Å². The molecule has 0 saturated heterocycles. The summed E-state index contributed by atoms with van der Waals surface area (Å²) in [6.07, 6.45) is 0. The van der Waals surface area contributed by atoms with Gasteiger partial charge in [0.2, 0.25) is 5.95 Å². The first-order valence-corrected chi connectivity index (χ1v) is 7.48. The topological polar surface area (TPSA) is 49.8 Å². The molecule has 0 amide bonds. The van der Waals surface area contributed by atoms with E-state index in [1.54, 1.807) is 25.1 Å². The zero-order valence-electron chi connectivity index (χ0n) is 12.6. The normalized spacial score (nSPS) is 10.5. The average Bonchev–Trinajstić information content (AvgIpc) is 2.49. The van der Waals surface area contributed by atoms with Crippen molar-refractivity contribution in [2.45, 2.75) is 6.92 Å². The van der Waals surface area contributed by atoms with Gasteiger partial charge in [0.1, 0.15) is 17.5 Å². The summed E-state index contributed by atoms with van der Waals surface area (Å²) < 4.78 is 26.7. The molecule has 0 radical (unpaired) electrons. The van der Waals surface area contributed by atoms with Gasteiger partial charge in [0, 0.05) is 28.5 Å². The third-order valence-electron chi connectivity index (χ3n) is 3.13. The summed E-state index contributed by atoms with van der Waals surface area (Å²) >= 11 is 5.95. The second-order valence-electron chi connectivity index (χ2n) is 5.10. The third kappa shape index (κ3) is 3.97. The molecule has 24 heavy (non-hydrogen) atoms. The van der Waals surface area contributed by atoms with Crippen molar-refractivity contribution >= 4 is 34.7 Å². The van der Waals surface area contributed by atoms with Crippen LogP contribution in [-0.2, 0) is 0 Å². The molecule has 2 N–H and O–H groups in total. The van der Waals surface area contributed by atoms with E-state index < -0.39 is 11.6 Å². The summed E-state index contributed by atoms with van der Waals surface area (Å²) in [7, 11) is 0. The predicted octanol–water partition coefficient (Wildman–Crippen LogP) is 5.20. The van der Waals surface area contributed by atoms with Gasteiger partial charge in [-0.05, 0) is 37.3 Å². The second kappa shape index (κ2) is 6.80. The number of hydrogen-bond donors (Lipinski definition) is 2. The number of rotatable bonds is 4. The molecule has 1 heterocycles. The van der Waals surface area contributed by atoms with Gasteiger partial charge >= 0.3 is 0 Å². The maximum Gasteiger partial charge on any atom is 0.229 e. The zero-order chi connectivity index (χ0) is 17.1. The molecule has 0 aliphatic rings. The maximum absolute atomic E-state index is 13.7. The molecule has 2 aromatic carbocycles. The Labute approximate surface area is 142 Å². The Balaban J connectivity index is 1.86. The van der Waals surface area contributed by atoms with E-state index in [4.69, 9.17) is 11.6 Å². The second-order valence-corrected chi connectivity index (χ2v) is 5.54. The number of hydrogen-bond acceptors (Lipinski definition) is 4. The number of nitrogens with zero attached hydrogens (tertiary/aromatic N) is 2. The fourth-order valence-electron chi connectivity index (χ4n) is 2.11. The van der Waals surface area contributed by atoms with E-state index in [0.29, 0.717) is 16.5 Å². The maximum atomic E-state index is 13.7. The molecule has 0 spiro atoms. The van der Waals surface area contributed by atoms with E-state index in [2.05, 4.69) is 20.6 Å². The van der Waals surface area contributed by atoms with Crippen LogP contribution >= 0.6 is 11.6 Å². The van der Waals surface area contributed by atoms with Gasteiger partial charge in [-0.1, -0.05) is 17.7 Å². The summed E-state index contributed by atoms with van der Waals surface area (Å²) in [4.78, 5) is 8.48. The number of benzene rings is 2. The molecule has 0 atom stereocenters. The predicted molar refractivity (Wildman–Crippen MR) is 91.1 cm³/mol.